The number of hydrogen-bond acceptors (Lipinski definition) is 9. The van der Waals surface area contributed by atoms with Crippen molar-refractivity contribution in [3.8, 4) is 11.7 Å². The lowest BCUT2D eigenvalue weighted by Gasteiger charge is -2.34. The highest BCUT2D eigenvalue weighted by atomic mass is 32.2. The van der Waals surface area contributed by atoms with E-state index in [2.05, 4.69) is 28.7 Å². The summed E-state index contributed by atoms with van der Waals surface area (Å²) < 4.78 is 74.9. The summed E-state index contributed by atoms with van der Waals surface area (Å²) in [5, 5.41) is 4.25. The highest BCUT2D eigenvalue weighted by Gasteiger charge is 2.64. The molecule has 1 unspecified atom stereocenters. The van der Waals surface area contributed by atoms with Crippen LogP contribution in [0, 0.1) is 17.3 Å². The number of nitrogens with one attached hydrogen (secondary N) is 1. The molecule has 1 amide bonds. The van der Waals surface area contributed by atoms with E-state index < -0.39 is 39.7 Å². The van der Waals surface area contributed by atoms with E-state index in [0.717, 1.165) is 12.6 Å². The molecule has 1 aliphatic heterocycles. The second kappa shape index (κ2) is 11.5. The average molecular weight is 626 g/mol. The molecule has 236 valence electrons. The van der Waals surface area contributed by atoms with Crippen molar-refractivity contribution in [1.29, 1.82) is 0 Å². The van der Waals surface area contributed by atoms with Crippen LogP contribution >= 0.6 is 0 Å². The Bertz CT molecular complexity index is 1540. The van der Waals surface area contributed by atoms with Gasteiger partial charge in [-0.05, 0) is 64.0 Å². The molecular weight excluding hydrogens is 587 g/mol. The summed E-state index contributed by atoms with van der Waals surface area (Å²) in [5.74, 6) is 0.222. The number of alkyl halides is 3. The number of aromatic nitrogens is 3. The molecule has 43 heavy (non-hydrogen) atoms. The zero-order valence-corrected chi connectivity index (χ0v) is 25.9. The number of rotatable bonds is 10. The summed E-state index contributed by atoms with van der Waals surface area (Å²) in [7, 11) is -2.98. The minimum absolute atomic E-state index is 0.00206. The second-order valence-electron chi connectivity index (χ2n) is 12.2. The number of allylic oxidation sites excluding steroid dienone is 2. The number of pyridine rings is 1. The molecule has 0 radical (unpaired) electrons. The average Bonchev–Trinajstić information content (AvgIpc) is 3.44. The molecule has 11 nitrogen and oxygen atoms in total. The van der Waals surface area contributed by atoms with Crippen molar-refractivity contribution in [3.05, 3.63) is 40.6 Å². The van der Waals surface area contributed by atoms with Gasteiger partial charge in [-0.25, -0.2) is 22.8 Å². The number of nitrogens with two attached hydrogens (primary N) is 1. The Kier molecular flexibility index (Phi) is 8.61. The van der Waals surface area contributed by atoms with E-state index in [0.29, 0.717) is 12.5 Å². The zero-order chi connectivity index (χ0) is 32.0. The minimum atomic E-state index is -4.36. The van der Waals surface area contributed by atoms with Gasteiger partial charge in [0.05, 0.1) is 5.56 Å². The molecule has 1 aliphatic carbocycles. The minimum Gasteiger partial charge on any atom is -0.476 e. The Balaban J connectivity index is 1.70. The SMILES string of the molecule is CN=CC(=C(C)N)S(=O)(=O)NC(=O)c1ccc(-n2ccc(OCC3(C(F)(F)F)CC3)n2)nc1N1CC(C(C)C)CC1(C)C. The lowest BCUT2D eigenvalue weighted by Crippen LogP contribution is -2.41. The molecule has 2 aliphatic rings. The number of ether oxygens (including phenoxy) is 1. The molecule has 1 atom stereocenters. The van der Waals surface area contributed by atoms with Gasteiger partial charge in [-0.3, -0.25) is 9.79 Å². The van der Waals surface area contributed by atoms with Gasteiger partial charge in [-0.1, -0.05) is 13.8 Å². The van der Waals surface area contributed by atoms with Crippen molar-refractivity contribution in [2.45, 2.75) is 65.6 Å². The third-order valence-corrected chi connectivity index (χ3v) is 9.58. The van der Waals surface area contributed by atoms with Crippen LogP contribution in [0.25, 0.3) is 5.82 Å². The summed E-state index contributed by atoms with van der Waals surface area (Å²) in [6, 6.07) is 4.36. The second-order valence-corrected chi connectivity index (χ2v) is 13.9. The predicted octanol–water partition coefficient (Wildman–Crippen LogP) is 4.20. The normalized spacial score (nSPS) is 20.4. The number of halogens is 3. The Hall–Kier alpha value is -3.62. The van der Waals surface area contributed by atoms with E-state index in [4.69, 9.17) is 15.5 Å². The molecule has 2 aromatic rings. The summed E-state index contributed by atoms with van der Waals surface area (Å²) in [6.45, 7) is 9.69. The number of nitrogens with zero attached hydrogens (tertiary/aromatic N) is 5. The van der Waals surface area contributed by atoms with Gasteiger partial charge in [-0.2, -0.15) is 13.2 Å². The molecular formula is C28H38F3N7O4S. The number of anilines is 1. The molecule has 4 rings (SSSR count). The van der Waals surface area contributed by atoms with Crippen LogP contribution in [-0.2, 0) is 10.0 Å². The van der Waals surface area contributed by atoms with Crippen molar-refractivity contribution in [2.24, 2.45) is 28.0 Å². The standard InChI is InChI=1S/C28H38F3N7O4S/c1-17(2)19-13-26(4,5)37(15-19)24-20(25(39)36-43(40,41)21(14-33-6)18(3)32)7-8-22(34-24)38-12-9-23(35-38)42-16-27(10-11-27)28(29,30)31/h7-9,12,14,17,19H,10-11,13,15-16,32H2,1-6H3,(H,36,39). The van der Waals surface area contributed by atoms with Crippen LogP contribution in [0.4, 0.5) is 19.0 Å². The van der Waals surface area contributed by atoms with Gasteiger partial charge in [0.25, 0.3) is 15.9 Å². The number of aliphatic imine (C=N–C) groups is 1. The number of hydrogen-bond donors (Lipinski definition) is 2. The Morgan fingerprint density at radius 1 is 1.28 bits per heavy atom. The van der Waals surface area contributed by atoms with Gasteiger partial charge in [0.15, 0.2) is 5.82 Å². The van der Waals surface area contributed by atoms with E-state index in [1.54, 1.807) is 0 Å². The number of carbonyl (C=O) groups excluding carboxylic acids is 1. The van der Waals surface area contributed by atoms with Crippen LogP contribution in [0.2, 0.25) is 0 Å². The molecule has 2 aromatic heterocycles. The third kappa shape index (κ3) is 6.65. The van der Waals surface area contributed by atoms with Gasteiger partial charge >= 0.3 is 6.18 Å². The summed E-state index contributed by atoms with van der Waals surface area (Å²) in [6.07, 6.45) is -0.968. The van der Waals surface area contributed by atoms with Crippen molar-refractivity contribution < 1.29 is 31.1 Å². The first-order valence-electron chi connectivity index (χ1n) is 13.9. The van der Waals surface area contributed by atoms with Crippen LogP contribution < -0.4 is 20.1 Å². The molecule has 0 aromatic carbocycles. The maximum absolute atomic E-state index is 13.5. The quantitative estimate of drug-likeness (QED) is 0.374. The van der Waals surface area contributed by atoms with Crippen molar-refractivity contribution in [2.75, 3.05) is 25.1 Å². The fraction of sp³-hybridized carbons (Fsp3) is 0.571. The van der Waals surface area contributed by atoms with Gasteiger partial charge in [0.2, 0.25) is 5.88 Å². The van der Waals surface area contributed by atoms with Crippen molar-refractivity contribution in [3.63, 3.8) is 0 Å². The van der Waals surface area contributed by atoms with Gasteiger partial charge in [-0.15, -0.1) is 5.10 Å². The third-order valence-electron chi connectivity index (χ3n) is 8.12. The van der Waals surface area contributed by atoms with Gasteiger partial charge in [0.1, 0.15) is 22.7 Å². The number of carbonyl (C=O) groups is 1. The lowest BCUT2D eigenvalue weighted by atomic mass is 9.89. The molecule has 2 fully saturated rings. The molecule has 0 spiro atoms. The topological polar surface area (TPSA) is 145 Å². The van der Waals surface area contributed by atoms with Crippen LogP contribution in [0.5, 0.6) is 5.88 Å². The summed E-state index contributed by atoms with van der Waals surface area (Å²) in [4.78, 5) is 23.6. The Morgan fingerprint density at radius 3 is 2.49 bits per heavy atom. The number of amides is 1. The predicted molar refractivity (Wildman–Crippen MR) is 157 cm³/mol. The Morgan fingerprint density at radius 2 is 1.95 bits per heavy atom. The van der Waals surface area contributed by atoms with Crippen molar-refractivity contribution >= 4 is 28.0 Å². The molecule has 1 saturated heterocycles. The first-order chi connectivity index (χ1) is 19.9. The summed E-state index contributed by atoms with van der Waals surface area (Å²) >= 11 is 0. The molecule has 3 N–H and O–H groups in total. The van der Waals surface area contributed by atoms with Crippen LogP contribution in [-0.4, -0.2) is 67.2 Å². The molecule has 0 bridgehead atoms. The van der Waals surface area contributed by atoms with Crippen LogP contribution in [0.15, 0.2) is 40.0 Å². The smallest absolute Gasteiger partial charge is 0.397 e. The Labute approximate surface area is 249 Å². The first kappa shape index (κ1) is 32.3. The van der Waals surface area contributed by atoms with Crippen molar-refractivity contribution in [1.82, 2.24) is 19.5 Å². The first-order valence-corrected chi connectivity index (χ1v) is 15.4. The maximum atomic E-state index is 13.5. The fourth-order valence-electron chi connectivity index (χ4n) is 5.18. The summed E-state index contributed by atoms with van der Waals surface area (Å²) in [5.41, 5.74) is 3.44. The molecule has 3 heterocycles. The van der Waals surface area contributed by atoms with Crippen LogP contribution in [0.1, 0.15) is 64.2 Å². The van der Waals surface area contributed by atoms with E-state index in [9.17, 15) is 26.4 Å². The van der Waals surface area contributed by atoms with Crippen LogP contribution in [0.3, 0.4) is 0 Å². The largest absolute Gasteiger partial charge is 0.476 e. The zero-order valence-electron chi connectivity index (χ0n) is 25.1. The lowest BCUT2D eigenvalue weighted by molar-refractivity contribution is -0.194. The van der Waals surface area contributed by atoms with Gasteiger partial charge < -0.3 is 15.4 Å². The molecule has 15 heteroatoms. The highest BCUT2D eigenvalue weighted by molar-refractivity contribution is 7.94. The van der Waals surface area contributed by atoms with E-state index in [1.807, 2.05) is 18.7 Å². The monoisotopic (exact) mass is 625 g/mol. The van der Waals surface area contributed by atoms with E-state index in [1.165, 1.54) is 43.0 Å². The number of sulfonamides is 1. The maximum Gasteiger partial charge on any atom is 0.397 e. The highest BCUT2D eigenvalue weighted by Crippen LogP contribution is 2.57. The van der Waals surface area contributed by atoms with E-state index >= 15 is 0 Å². The molecule has 1 saturated carbocycles. The van der Waals surface area contributed by atoms with E-state index in [-0.39, 0.29) is 52.4 Å². The fourth-order valence-corrected chi connectivity index (χ4v) is 6.32. The van der Waals surface area contributed by atoms with Gasteiger partial charge in [0, 0.05) is 43.3 Å².